The van der Waals surface area contributed by atoms with Gasteiger partial charge in [0.15, 0.2) is 5.78 Å². The van der Waals surface area contributed by atoms with E-state index in [0.29, 0.717) is 18.5 Å². The van der Waals surface area contributed by atoms with Gasteiger partial charge in [-0.25, -0.2) is 0 Å². The highest BCUT2D eigenvalue weighted by molar-refractivity contribution is 5.99. The highest BCUT2D eigenvalue weighted by Gasteiger charge is 2.18. The number of nitrogens with zero attached hydrogens (tertiary/aromatic N) is 1. The Kier molecular flexibility index (Phi) is 6.76. The average molecular weight is 305 g/mol. The number of rotatable bonds is 8. The molecule has 5 nitrogen and oxygen atoms in total. The van der Waals surface area contributed by atoms with Crippen LogP contribution in [0, 0.1) is 13.8 Å². The van der Waals surface area contributed by atoms with Crippen LogP contribution >= 0.6 is 0 Å². The van der Waals surface area contributed by atoms with Crippen molar-refractivity contribution in [2.45, 2.75) is 40.0 Å². The summed E-state index contributed by atoms with van der Waals surface area (Å²) in [6.07, 6.45) is 0.826. The Hall–Kier alpha value is -2.17. The van der Waals surface area contributed by atoms with E-state index >= 15 is 0 Å². The van der Waals surface area contributed by atoms with Gasteiger partial charge in [-0.2, -0.15) is 0 Å². The molecule has 0 spiro atoms. The molecule has 1 N–H and O–H groups in total. The Bertz CT molecular complexity index is 566. The van der Waals surface area contributed by atoms with Crippen molar-refractivity contribution in [3.8, 4) is 0 Å². The minimum atomic E-state index is -1.04. The molecule has 120 valence electrons. The van der Waals surface area contributed by atoms with Gasteiger partial charge in [-0.15, -0.1) is 0 Å². The van der Waals surface area contributed by atoms with Gasteiger partial charge in [0.2, 0.25) is 5.91 Å². The summed E-state index contributed by atoms with van der Waals surface area (Å²) in [5, 5.41) is 8.82. The number of hydrogen-bond acceptors (Lipinski definition) is 3. The zero-order chi connectivity index (χ0) is 16.7. The number of carbonyl (C=O) groups is 3. The van der Waals surface area contributed by atoms with Crippen LogP contribution in [0.25, 0.3) is 0 Å². The van der Waals surface area contributed by atoms with Gasteiger partial charge in [0, 0.05) is 24.9 Å². The number of Topliss-reactive ketones (excluding diaryl/α,β-unsaturated/α-hetero) is 1. The van der Waals surface area contributed by atoms with Crippen LogP contribution in [0.1, 0.15) is 47.7 Å². The third kappa shape index (κ3) is 5.31. The lowest BCUT2D eigenvalue weighted by molar-refractivity contribution is -0.144. The van der Waals surface area contributed by atoms with Crippen LogP contribution in [0.15, 0.2) is 18.2 Å². The first kappa shape index (κ1) is 17.9. The summed E-state index contributed by atoms with van der Waals surface area (Å²) in [7, 11) is 0. The SMILES string of the molecule is CCCN(CC(=O)O)C(=O)CCC(=O)c1cc(C)ccc1C. The number of carboxylic acids is 1. The zero-order valence-electron chi connectivity index (χ0n) is 13.4. The third-order valence-electron chi connectivity index (χ3n) is 3.43. The molecule has 0 heterocycles. The van der Waals surface area contributed by atoms with E-state index in [1.54, 1.807) is 0 Å². The van der Waals surface area contributed by atoms with Crippen molar-refractivity contribution in [2.24, 2.45) is 0 Å². The first-order valence-corrected chi connectivity index (χ1v) is 7.45. The molecule has 0 aliphatic carbocycles. The second kappa shape index (κ2) is 8.32. The highest BCUT2D eigenvalue weighted by atomic mass is 16.4. The Morgan fingerprint density at radius 2 is 1.82 bits per heavy atom. The number of aliphatic carboxylic acids is 1. The molecule has 0 aliphatic heterocycles. The lowest BCUT2D eigenvalue weighted by Gasteiger charge is -2.19. The van der Waals surface area contributed by atoms with E-state index in [1.807, 2.05) is 39.0 Å². The van der Waals surface area contributed by atoms with Gasteiger partial charge in [-0.3, -0.25) is 14.4 Å². The maximum absolute atomic E-state index is 12.2. The van der Waals surface area contributed by atoms with Crippen LogP contribution in [0.3, 0.4) is 0 Å². The third-order valence-corrected chi connectivity index (χ3v) is 3.43. The molecule has 0 radical (unpaired) electrons. The molecule has 1 amide bonds. The van der Waals surface area contributed by atoms with Crippen molar-refractivity contribution in [1.29, 1.82) is 0 Å². The topological polar surface area (TPSA) is 74.7 Å². The number of carboxylic acid groups (broad SMARTS) is 1. The summed E-state index contributed by atoms with van der Waals surface area (Å²) in [5.74, 6) is -1.41. The molecule has 0 bridgehead atoms. The summed E-state index contributed by atoms with van der Waals surface area (Å²) in [6, 6.07) is 5.65. The van der Waals surface area contributed by atoms with Gasteiger partial charge in [0.25, 0.3) is 0 Å². The van der Waals surface area contributed by atoms with Gasteiger partial charge < -0.3 is 10.0 Å². The summed E-state index contributed by atoms with van der Waals surface area (Å²) in [4.78, 5) is 36.4. The molecule has 0 saturated carbocycles. The van der Waals surface area contributed by atoms with Crippen LogP contribution in [0.2, 0.25) is 0 Å². The van der Waals surface area contributed by atoms with E-state index in [4.69, 9.17) is 5.11 Å². The van der Waals surface area contributed by atoms with Crippen molar-refractivity contribution in [1.82, 2.24) is 4.90 Å². The van der Waals surface area contributed by atoms with Crippen LogP contribution in [-0.4, -0.2) is 40.8 Å². The predicted octanol–water partition coefficient (Wildman–Crippen LogP) is 2.59. The molecule has 22 heavy (non-hydrogen) atoms. The summed E-state index contributed by atoms with van der Waals surface area (Å²) in [6.45, 7) is 5.73. The standard InChI is InChI=1S/C17H23NO4/c1-4-9-18(11-17(21)22)16(20)8-7-15(19)14-10-12(2)5-6-13(14)3/h5-6,10H,4,7-9,11H2,1-3H3,(H,21,22). The first-order chi connectivity index (χ1) is 10.3. The van der Waals surface area contributed by atoms with Crippen LogP contribution in [-0.2, 0) is 9.59 Å². The maximum atomic E-state index is 12.2. The summed E-state index contributed by atoms with van der Waals surface area (Å²) >= 11 is 0. The van der Waals surface area contributed by atoms with Gasteiger partial charge >= 0.3 is 5.97 Å². The van der Waals surface area contributed by atoms with Crippen LogP contribution in [0.5, 0.6) is 0 Å². The summed E-state index contributed by atoms with van der Waals surface area (Å²) in [5.41, 5.74) is 2.52. The first-order valence-electron chi connectivity index (χ1n) is 7.45. The van der Waals surface area contributed by atoms with Crippen molar-refractivity contribution >= 4 is 17.7 Å². The fourth-order valence-corrected chi connectivity index (χ4v) is 2.27. The number of benzene rings is 1. The van der Waals surface area contributed by atoms with Gasteiger partial charge in [-0.1, -0.05) is 24.6 Å². The van der Waals surface area contributed by atoms with E-state index in [-0.39, 0.29) is 31.1 Å². The van der Waals surface area contributed by atoms with Crippen molar-refractivity contribution < 1.29 is 19.5 Å². The molecular weight excluding hydrogens is 282 g/mol. The molecule has 1 rings (SSSR count). The molecule has 0 atom stereocenters. The number of carbonyl (C=O) groups excluding carboxylic acids is 2. The minimum Gasteiger partial charge on any atom is -0.480 e. The van der Waals surface area contributed by atoms with Gasteiger partial charge in [0.05, 0.1) is 0 Å². The minimum absolute atomic E-state index is 0.0412. The van der Waals surface area contributed by atoms with Crippen molar-refractivity contribution in [2.75, 3.05) is 13.1 Å². The lowest BCUT2D eigenvalue weighted by atomic mass is 9.99. The zero-order valence-corrected chi connectivity index (χ0v) is 13.4. The Morgan fingerprint density at radius 1 is 1.14 bits per heavy atom. The Balaban J connectivity index is 2.67. The molecule has 5 heteroatoms. The number of ketones is 1. The van der Waals surface area contributed by atoms with Crippen LogP contribution < -0.4 is 0 Å². The fraction of sp³-hybridized carbons (Fsp3) is 0.471. The quantitative estimate of drug-likeness (QED) is 0.749. The fourth-order valence-electron chi connectivity index (χ4n) is 2.27. The molecule has 0 aliphatic rings. The number of amides is 1. The molecule has 0 fully saturated rings. The molecule has 0 aromatic heterocycles. The van der Waals surface area contributed by atoms with E-state index in [9.17, 15) is 14.4 Å². The highest BCUT2D eigenvalue weighted by Crippen LogP contribution is 2.14. The Labute approximate surface area is 130 Å². The van der Waals surface area contributed by atoms with E-state index in [1.165, 1.54) is 4.90 Å². The average Bonchev–Trinajstić information content (AvgIpc) is 2.46. The molecule has 1 aromatic rings. The normalized spacial score (nSPS) is 10.3. The largest absolute Gasteiger partial charge is 0.480 e. The second-order valence-corrected chi connectivity index (χ2v) is 5.45. The number of hydrogen-bond donors (Lipinski definition) is 1. The monoisotopic (exact) mass is 305 g/mol. The van der Waals surface area contributed by atoms with Crippen molar-refractivity contribution in [3.63, 3.8) is 0 Å². The molecular formula is C17H23NO4. The predicted molar refractivity (Wildman–Crippen MR) is 84.0 cm³/mol. The van der Waals surface area contributed by atoms with E-state index in [2.05, 4.69) is 0 Å². The smallest absolute Gasteiger partial charge is 0.323 e. The Morgan fingerprint density at radius 3 is 2.41 bits per heavy atom. The summed E-state index contributed by atoms with van der Waals surface area (Å²) < 4.78 is 0. The van der Waals surface area contributed by atoms with Gasteiger partial charge in [-0.05, 0) is 31.9 Å². The molecule has 0 unspecified atom stereocenters. The van der Waals surface area contributed by atoms with E-state index < -0.39 is 5.97 Å². The van der Waals surface area contributed by atoms with E-state index in [0.717, 1.165) is 11.1 Å². The second-order valence-electron chi connectivity index (χ2n) is 5.45. The molecule has 1 aromatic carbocycles. The maximum Gasteiger partial charge on any atom is 0.323 e. The lowest BCUT2D eigenvalue weighted by Crippen LogP contribution is -2.36. The van der Waals surface area contributed by atoms with Gasteiger partial charge in [0.1, 0.15) is 6.54 Å². The molecule has 0 saturated heterocycles. The van der Waals surface area contributed by atoms with Crippen molar-refractivity contribution in [3.05, 3.63) is 34.9 Å². The van der Waals surface area contributed by atoms with Crippen LogP contribution in [0.4, 0.5) is 0 Å². The number of aryl methyl sites for hydroxylation is 2.